The third-order valence-corrected chi connectivity index (χ3v) is 5.24. The molecule has 0 bridgehead atoms. The minimum absolute atomic E-state index is 0.0282. The van der Waals surface area contributed by atoms with E-state index in [9.17, 15) is 4.79 Å². The van der Waals surface area contributed by atoms with Crippen molar-refractivity contribution < 1.29 is 9.21 Å². The van der Waals surface area contributed by atoms with Crippen LogP contribution in [0.2, 0.25) is 0 Å². The standard InChI is InChI=1S/C24H27N3O2/c28-23(12-13-24-25-17-22(29-24)20-9-3-1-4-10-20)26-21-11-7-8-19(16-21)18-27-14-5-2-6-15-27/h1,3-4,7-11,16-17H,2,5-6,12-15,18H2,(H,26,28). The van der Waals surface area contributed by atoms with Crippen LogP contribution >= 0.6 is 0 Å². The Morgan fingerprint density at radius 3 is 2.69 bits per heavy atom. The monoisotopic (exact) mass is 389 g/mol. The zero-order chi connectivity index (χ0) is 19.9. The van der Waals surface area contributed by atoms with E-state index in [-0.39, 0.29) is 5.91 Å². The number of piperidine rings is 1. The van der Waals surface area contributed by atoms with Gasteiger partial charge in [0.05, 0.1) is 6.20 Å². The molecule has 29 heavy (non-hydrogen) atoms. The predicted octanol–water partition coefficient (Wildman–Crippen LogP) is 4.90. The van der Waals surface area contributed by atoms with Gasteiger partial charge in [0.1, 0.15) is 0 Å². The van der Waals surface area contributed by atoms with Crippen molar-refractivity contribution in [3.8, 4) is 11.3 Å². The molecule has 150 valence electrons. The number of rotatable bonds is 7. The molecule has 5 nitrogen and oxygen atoms in total. The van der Waals surface area contributed by atoms with Crippen LogP contribution < -0.4 is 5.32 Å². The summed E-state index contributed by atoms with van der Waals surface area (Å²) in [5, 5.41) is 3.00. The number of nitrogens with one attached hydrogen (secondary N) is 1. The second-order valence-electron chi connectivity index (χ2n) is 7.57. The highest BCUT2D eigenvalue weighted by Gasteiger charge is 2.12. The summed E-state index contributed by atoms with van der Waals surface area (Å²) in [5.74, 6) is 1.28. The van der Waals surface area contributed by atoms with Crippen LogP contribution in [0.15, 0.2) is 65.2 Å². The van der Waals surface area contributed by atoms with Gasteiger partial charge in [0, 0.05) is 30.6 Å². The van der Waals surface area contributed by atoms with E-state index in [1.54, 1.807) is 6.20 Å². The maximum absolute atomic E-state index is 12.4. The number of likely N-dealkylation sites (tertiary alicyclic amines) is 1. The molecule has 0 unspecified atom stereocenters. The highest BCUT2D eigenvalue weighted by atomic mass is 16.4. The summed E-state index contributed by atoms with van der Waals surface area (Å²) < 4.78 is 5.78. The lowest BCUT2D eigenvalue weighted by atomic mass is 10.1. The van der Waals surface area contributed by atoms with Gasteiger partial charge in [-0.15, -0.1) is 0 Å². The molecule has 4 rings (SSSR count). The van der Waals surface area contributed by atoms with Crippen LogP contribution in [0.3, 0.4) is 0 Å². The molecule has 1 fully saturated rings. The van der Waals surface area contributed by atoms with Crippen LogP contribution in [0.5, 0.6) is 0 Å². The lowest BCUT2D eigenvalue weighted by Gasteiger charge is -2.26. The lowest BCUT2D eigenvalue weighted by Crippen LogP contribution is -2.29. The van der Waals surface area contributed by atoms with Crippen molar-refractivity contribution in [3.63, 3.8) is 0 Å². The smallest absolute Gasteiger partial charge is 0.224 e. The molecular formula is C24H27N3O2. The van der Waals surface area contributed by atoms with Gasteiger partial charge in [-0.2, -0.15) is 0 Å². The average molecular weight is 389 g/mol. The van der Waals surface area contributed by atoms with E-state index in [4.69, 9.17) is 4.42 Å². The quantitative estimate of drug-likeness (QED) is 0.624. The number of hydrogen-bond acceptors (Lipinski definition) is 4. The van der Waals surface area contributed by atoms with Gasteiger partial charge in [-0.3, -0.25) is 9.69 Å². The summed E-state index contributed by atoms with van der Waals surface area (Å²) >= 11 is 0. The first-order valence-electron chi connectivity index (χ1n) is 10.4. The third kappa shape index (κ3) is 5.55. The molecule has 1 aliphatic heterocycles. The summed E-state index contributed by atoms with van der Waals surface area (Å²) in [6, 6.07) is 18.0. The van der Waals surface area contributed by atoms with Gasteiger partial charge in [-0.05, 0) is 43.6 Å². The van der Waals surface area contributed by atoms with E-state index in [0.717, 1.165) is 36.6 Å². The van der Waals surface area contributed by atoms with E-state index in [2.05, 4.69) is 27.3 Å². The molecule has 1 saturated heterocycles. The number of carbonyl (C=O) groups is 1. The Kier molecular flexibility index (Phi) is 6.37. The zero-order valence-electron chi connectivity index (χ0n) is 16.6. The SMILES string of the molecule is O=C(CCc1ncc(-c2ccccc2)o1)Nc1cccc(CN2CCCCC2)c1. The molecule has 1 aromatic heterocycles. The summed E-state index contributed by atoms with van der Waals surface area (Å²) in [5.41, 5.74) is 3.08. The number of amides is 1. The Morgan fingerprint density at radius 1 is 1.03 bits per heavy atom. The maximum atomic E-state index is 12.4. The van der Waals surface area contributed by atoms with Crippen molar-refractivity contribution >= 4 is 11.6 Å². The molecule has 0 aliphatic carbocycles. The topological polar surface area (TPSA) is 58.4 Å². The highest BCUT2D eigenvalue weighted by molar-refractivity contribution is 5.90. The van der Waals surface area contributed by atoms with Crippen molar-refractivity contribution in [1.82, 2.24) is 9.88 Å². The van der Waals surface area contributed by atoms with Gasteiger partial charge in [0.25, 0.3) is 0 Å². The molecule has 2 aromatic carbocycles. The average Bonchev–Trinajstić information content (AvgIpc) is 3.23. The van der Waals surface area contributed by atoms with E-state index in [1.165, 1.54) is 24.8 Å². The second kappa shape index (κ2) is 9.52. The van der Waals surface area contributed by atoms with Crippen LogP contribution in [0.25, 0.3) is 11.3 Å². The largest absolute Gasteiger partial charge is 0.441 e. The number of carbonyl (C=O) groups excluding carboxylic acids is 1. The lowest BCUT2D eigenvalue weighted by molar-refractivity contribution is -0.116. The van der Waals surface area contributed by atoms with Crippen LogP contribution in [0.4, 0.5) is 5.69 Å². The number of nitrogens with zero attached hydrogens (tertiary/aromatic N) is 2. The van der Waals surface area contributed by atoms with Crippen LogP contribution in [0.1, 0.15) is 37.1 Å². The molecule has 0 spiro atoms. The number of oxazole rings is 1. The normalized spacial score (nSPS) is 14.6. The van der Waals surface area contributed by atoms with E-state index in [0.29, 0.717) is 18.7 Å². The molecule has 0 radical (unpaired) electrons. The third-order valence-electron chi connectivity index (χ3n) is 5.24. The first kappa shape index (κ1) is 19.4. The minimum Gasteiger partial charge on any atom is -0.441 e. The number of hydrogen-bond donors (Lipinski definition) is 1. The summed E-state index contributed by atoms with van der Waals surface area (Å²) in [6.07, 6.45) is 6.43. The van der Waals surface area contributed by atoms with Crippen molar-refractivity contribution in [2.24, 2.45) is 0 Å². The Bertz CT molecular complexity index is 930. The first-order chi connectivity index (χ1) is 14.3. The zero-order valence-corrected chi connectivity index (χ0v) is 16.6. The molecule has 0 saturated carbocycles. The first-order valence-corrected chi connectivity index (χ1v) is 10.4. The van der Waals surface area contributed by atoms with Gasteiger partial charge in [-0.25, -0.2) is 4.98 Å². The molecule has 1 N–H and O–H groups in total. The van der Waals surface area contributed by atoms with Gasteiger partial charge in [0.15, 0.2) is 11.7 Å². The van der Waals surface area contributed by atoms with Crippen molar-refractivity contribution in [2.45, 2.75) is 38.6 Å². The minimum atomic E-state index is -0.0282. The van der Waals surface area contributed by atoms with E-state index in [1.807, 2.05) is 42.5 Å². The van der Waals surface area contributed by atoms with Crippen molar-refractivity contribution in [2.75, 3.05) is 18.4 Å². The Balaban J connectivity index is 1.28. The molecular weight excluding hydrogens is 362 g/mol. The number of aromatic nitrogens is 1. The van der Waals surface area contributed by atoms with Gasteiger partial charge < -0.3 is 9.73 Å². The van der Waals surface area contributed by atoms with Crippen LogP contribution in [-0.2, 0) is 17.8 Å². The van der Waals surface area contributed by atoms with Gasteiger partial charge >= 0.3 is 0 Å². The molecule has 1 aliphatic rings. The van der Waals surface area contributed by atoms with E-state index >= 15 is 0 Å². The van der Waals surface area contributed by atoms with Crippen molar-refractivity contribution in [3.05, 3.63) is 72.2 Å². The van der Waals surface area contributed by atoms with Crippen LogP contribution in [-0.4, -0.2) is 28.9 Å². The Hall–Kier alpha value is -2.92. The Labute approximate surface area is 171 Å². The molecule has 5 heteroatoms. The molecule has 3 aromatic rings. The van der Waals surface area contributed by atoms with Crippen LogP contribution in [0, 0.1) is 0 Å². The van der Waals surface area contributed by atoms with Gasteiger partial charge in [0.2, 0.25) is 5.91 Å². The fraction of sp³-hybridized carbons (Fsp3) is 0.333. The maximum Gasteiger partial charge on any atom is 0.224 e. The molecule has 1 amide bonds. The summed E-state index contributed by atoms with van der Waals surface area (Å²) in [6.45, 7) is 3.28. The number of aryl methyl sites for hydroxylation is 1. The molecule has 2 heterocycles. The molecule has 0 atom stereocenters. The van der Waals surface area contributed by atoms with Gasteiger partial charge in [-0.1, -0.05) is 48.9 Å². The second-order valence-corrected chi connectivity index (χ2v) is 7.57. The predicted molar refractivity (Wildman–Crippen MR) is 114 cm³/mol. The fourth-order valence-corrected chi connectivity index (χ4v) is 3.73. The van der Waals surface area contributed by atoms with E-state index < -0.39 is 0 Å². The number of anilines is 1. The highest BCUT2D eigenvalue weighted by Crippen LogP contribution is 2.21. The fourth-order valence-electron chi connectivity index (χ4n) is 3.73. The summed E-state index contributed by atoms with van der Waals surface area (Å²) in [7, 11) is 0. The van der Waals surface area contributed by atoms with Crippen molar-refractivity contribution in [1.29, 1.82) is 0 Å². The summed E-state index contributed by atoms with van der Waals surface area (Å²) in [4.78, 5) is 19.2. The number of benzene rings is 2. The Morgan fingerprint density at radius 2 is 1.86 bits per heavy atom.